The van der Waals surface area contributed by atoms with Gasteiger partial charge in [0.15, 0.2) is 0 Å². The van der Waals surface area contributed by atoms with Crippen molar-refractivity contribution in [1.82, 2.24) is 5.32 Å². The fourth-order valence-corrected chi connectivity index (χ4v) is 1.46. The lowest BCUT2D eigenvalue weighted by Crippen LogP contribution is -2.42. The third kappa shape index (κ3) is 2.61. The average molecular weight is 169 g/mol. The molecule has 0 aromatic heterocycles. The molecule has 0 saturated heterocycles. The molecule has 2 nitrogen and oxygen atoms in total. The predicted octanol–water partition coefficient (Wildman–Crippen LogP) is 1.72. The van der Waals surface area contributed by atoms with Gasteiger partial charge in [0.1, 0.15) is 0 Å². The fraction of sp³-hybridized carbons (Fsp3) is 0.800. The number of nitrogens with one attached hydrogen (secondary N) is 1. The molecule has 0 saturated carbocycles. The van der Waals surface area contributed by atoms with Gasteiger partial charge in [-0.3, -0.25) is 0 Å². The molecule has 1 N–H and O–H groups in total. The Labute approximate surface area is 75.0 Å². The van der Waals surface area contributed by atoms with Gasteiger partial charge in [-0.2, -0.15) is 0 Å². The van der Waals surface area contributed by atoms with Crippen LogP contribution >= 0.6 is 0 Å². The highest BCUT2D eigenvalue weighted by Crippen LogP contribution is 2.11. The normalized spacial score (nSPS) is 22.9. The molecule has 0 radical (unpaired) electrons. The number of methoxy groups -OCH3 is 1. The maximum Gasteiger partial charge on any atom is 0.0693 e. The summed E-state index contributed by atoms with van der Waals surface area (Å²) in [6, 6.07) is 1.08. The van der Waals surface area contributed by atoms with Crippen molar-refractivity contribution in [3.63, 3.8) is 0 Å². The molecule has 0 aromatic carbocycles. The molecule has 1 rings (SSSR count). The first-order valence-electron chi connectivity index (χ1n) is 4.68. The molecule has 2 atom stereocenters. The third-order valence-corrected chi connectivity index (χ3v) is 2.58. The second-order valence-electron chi connectivity index (χ2n) is 3.54. The number of ether oxygens (including phenoxy) is 1. The van der Waals surface area contributed by atoms with Crippen molar-refractivity contribution < 1.29 is 4.74 Å². The van der Waals surface area contributed by atoms with Crippen LogP contribution in [0.5, 0.6) is 0 Å². The van der Waals surface area contributed by atoms with Gasteiger partial charge >= 0.3 is 0 Å². The zero-order valence-corrected chi connectivity index (χ0v) is 8.21. The van der Waals surface area contributed by atoms with Crippen LogP contribution in [-0.2, 0) is 4.74 Å². The monoisotopic (exact) mass is 169 g/mol. The Morgan fingerprint density at radius 3 is 2.42 bits per heavy atom. The summed E-state index contributed by atoms with van der Waals surface area (Å²) < 4.78 is 5.24. The number of hydrogen-bond donors (Lipinski definition) is 1. The first kappa shape index (κ1) is 9.75. The molecule has 0 fully saturated rings. The lowest BCUT2D eigenvalue weighted by Gasteiger charge is -2.23. The fourth-order valence-electron chi connectivity index (χ4n) is 1.46. The van der Waals surface area contributed by atoms with E-state index in [0.717, 1.165) is 0 Å². The minimum absolute atomic E-state index is 0.297. The first-order chi connectivity index (χ1) is 5.74. The second kappa shape index (κ2) is 4.63. The van der Waals surface area contributed by atoms with Crippen LogP contribution < -0.4 is 5.32 Å². The quantitative estimate of drug-likeness (QED) is 0.647. The third-order valence-electron chi connectivity index (χ3n) is 2.58. The largest absolute Gasteiger partial charge is 0.380 e. The van der Waals surface area contributed by atoms with Gasteiger partial charge in [0.25, 0.3) is 0 Å². The minimum Gasteiger partial charge on any atom is -0.380 e. The van der Waals surface area contributed by atoms with E-state index in [4.69, 9.17) is 4.74 Å². The van der Waals surface area contributed by atoms with Crippen LogP contribution in [0.15, 0.2) is 12.2 Å². The van der Waals surface area contributed by atoms with Crippen molar-refractivity contribution in [2.24, 2.45) is 0 Å². The Hall–Kier alpha value is -0.340. The minimum atomic E-state index is 0.297. The Kier molecular flexibility index (Phi) is 3.76. The first-order valence-corrected chi connectivity index (χ1v) is 4.68. The standard InChI is InChI=1S/C10H19NO/c1-8(9(2)12-3)11-10-6-4-5-7-10/h4-5,8-11H,6-7H2,1-3H3. The number of hydrogen-bond acceptors (Lipinski definition) is 2. The van der Waals surface area contributed by atoms with E-state index in [1.54, 1.807) is 7.11 Å². The van der Waals surface area contributed by atoms with E-state index in [1.807, 2.05) is 0 Å². The van der Waals surface area contributed by atoms with Crippen LogP contribution in [0, 0.1) is 0 Å². The average Bonchev–Trinajstić information content (AvgIpc) is 2.55. The summed E-state index contributed by atoms with van der Waals surface area (Å²) in [7, 11) is 1.76. The van der Waals surface area contributed by atoms with E-state index in [1.165, 1.54) is 12.8 Å². The molecule has 0 heterocycles. The summed E-state index contributed by atoms with van der Waals surface area (Å²) in [6.45, 7) is 4.27. The van der Waals surface area contributed by atoms with Gasteiger partial charge in [0.05, 0.1) is 6.10 Å². The molecule has 70 valence electrons. The maximum atomic E-state index is 5.24. The molecule has 12 heavy (non-hydrogen) atoms. The summed E-state index contributed by atoms with van der Waals surface area (Å²) >= 11 is 0. The van der Waals surface area contributed by atoms with Crippen LogP contribution in [0.4, 0.5) is 0 Å². The van der Waals surface area contributed by atoms with E-state index in [2.05, 4.69) is 31.3 Å². The molecule has 0 amide bonds. The molecule has 2 heteroatoms. The molecule has 1 aliphatic carbocycles. The van der Waals surface area contributed by atoms with Crippen LogP contribution in [0.25, 0.3) is 0 Å². The van der Waals surface area contributed by atoms with E-state index in [9.17, 15) is 0 Å². The van der Waals surface area contributed by atoms with E-state index >= 15 is 0 Å². The van der Waals surface area contributed by atoms with Gasteiger partial charge in [-0.25, -0.2) is 0 Å². The summed E-state index contributed by atoms with van der Waals surface area (Å²) in [6.07, 6.45) is 7.11. The molecule has 0 bridgehead atoms. The van der Waals surface area contributed by atoms with Crippen LogP contribution in [0.2, 0.25) is 0 Å². The lowest BCUT2D eigenvalue weighted by atomic mass is 10.1. The Bertz CT molecular complexity index is 148. The summed E-state index contributed by atoms with van der Waals surface area (Å²) in [4.78, 5) is 0. The zero-order chi connectivity index (χ0) is 8.97. The molecule has 0 spiro atoms. The highest BCUT2D eigenvalue weighted by atomic mass is 16.5. The Balaban J connectivity index is 2.21. The SMILES string of the molecule is COC(C)C(C)NC1CC=CC1. The number of rotatable bonds is 4. The summed E-state index contributed by atoms with van der Waals surface area (Å²) in [5.74, 6) is 0. The van der Waals surface area contributed by atoms with Gasteiger partial charge in [0, 0.05) is 19.2 Å². The van der Waals surface area contributed by atoms with Gasteiger partial charge in [0.2, 0.25) is 0 Å². The smallest absolute Gasteiger partial charge is 0.0693 e. The van der Waals surface area contributed by atoms with Crippen molar-refractivity contribution >= 4 is 0 Å². The van der Waals surface area contributed by atoms with E-state index in [0.29, 0.717) is 18.2 Å². The zero-order valence-electron chi connectivity index (χ0n) is 8.21. The van der Waals surface area contributed by atoms with Crippen LogP contribution in [0.3, 0.4) is 0 Å². The Morgan fingerprint density at radius 1 is 1.33 bits per heavy atom. The molecule has 1 aliphatic rings. The molecule has 2 unspecified atom stereocenters. The van der Waals surface area contributed by atoms with Crippen molar-refractivity contribution in [3.8, 4) is 0 Å². The van der Waals surface area contributed by atoms with Gasteiger partial charge in [-0.15, -0.1) is 0 Å². The highest BCUT2D eigenvalue weighted by molar-refractivity contribution is 4.98. The van der Waals surface area contributed by atoms with Crippen LogP contribution in [0.1, 0.15) is 26.7 Å². The van der Waals surface area contributed by atoms with Crippen molar-refractivity contribution in [1.29, 1.82) is 0 Å². The summed E-state index contributed by atoms with van der Waals surface area (Å²) in [5, 5.41) is 3.54. The van der Waals surface area contributed by atoms with Crippen LogP contribution in [-0.4, -0.2) is 25.3 Å². The van der Waals surface area contributed by atoms with E-state index < -0.39 is 0 Å². The molecular formula is C10H19NO. The Morgan fingerprint density at radius 2 is 1.92 bits per heavy atom. The molecule has 0 aromatic rings. The molecule has 0 aliphatic heterocycles. The van der Waals surface area contributed by atoms with Crippen molar-refractivity contribution in [2.45, 2.75) is 44.9 Å². The second-order valence-corrected chi connectivity index (χ2v) is 3.54. The lowest BCUT2D eigenvalue weighted by molar-refractivity contribution is 0.0849. The topological polar surface area (TPSA) is 21.3 Å². The maximum absolute atomic E-state index is 5.24. The highest BCUT2D eigenvalue weighted by Gasteiger charge is 2.16. The van der Waals surface area contributed by atoms with Crippen molar-refractivity contribution in [3.05, 3.63) is 12.2 Å². The van der Waals surface area contributed by atoms with Gasteiger partial charge in [-0.05, 0) is 26.7 Å². The predicted molar refractivity (Wildman–Crippen MR) is 51.2 cm³/mol. The summed E-state index contributed by atoms with van der Waals surface area (Å²) in [5.41, 5.74) is 0. The molecular weight excluding hydrogens is 150 g/mol. The van der Waals surface area contributed by atoms with Gasteiger partial charge in [-0.1, -0.05) is 12.2 Å². The van der Waals surface area contributed by atoms with E-state index in [-0.39, 0.29) is 0 Å². The van der Waals surface area contributed by atoms with Gasteiger partial charge < -0.3 is 10.1 Å². The van der Waals surface area contributed by atoms with Crippen molar-refractivity contribution in [2.75, 3.05) is 7.11 Å².